The molecule has 17 heavy (non-hydrogen) atoms. The van der Waals surface area contributed by atoms with Crippen molar-refractivity contribution in [3.63, 3.8) is 0 Å². The van der Waals surface area contributed by atoms with E-state index in [-0.39, 0.29) is 0 Å². The fraction of sp³-hybridized carbons (Fsp3) is 0.625. The van der Waals surface area contributed by atoms with Gasteiger partial charge in [-0.3, -0.25) is 4.90 Å². The molecule has 2 rings (SSSR count). The van der Waals surface area contributed by atoms with Gasteiger partial charge in [-0.2, -0.15) is 0 Å². The zero-order valence-corrected chi connectivity index (χ0v) is 13.0. The zero-order valence-electron chi connectivity index (χ0n) is 13.0. The van der Waals surface area contributed by atoms with Gasteiger partial charge in [0.05, 0.1) is 0 Å². The largest absolute Gasteiger partial charge is 0.295 e. The molecule has 100 valence electrons. The Labute approximate surface area is 109 Å². The van der Waals surface area contributed by atoms with Crippen molar-refractivity contribution in [3.05, 3.63) is 35.4 Å². The maximum atomic E-state index is 2.37. The SMILES string of the molecule is CC.CC.CC.CC1c2ccccc2CN1C. The van der Waals surface area contributed by atoms with Gasteiger partial charge >= 0.3 is 0 Å². The highest BCUT2D eigenvalue weighted by atomic mass is 15.1. The molecule has 1 heterocycles. The van der Waals surface area contributed by atoms with Crippen LogP contribution in [0.15, 0.2) is 24.3 Å². The lowest BCUT2D eigenvalue weighted by molar-refractivity contribution is 0.286. The molecule has 0 aliphatic carbocycles. The van der Waals surface area contributed by atoms with Gasteiger partial charge in [-0.05, 0) is 25.1 Å². The Bertz CT molecular complexity index is 268. The summed E-state index contributed by atoms with van der Waals surface area (Å²) in [5.41, 5.74) is 2.98. The van der Waals surface area contributed by atoms with Gasteiger partial charge in [-0.25, -0.2) is 0 Å². The van der Waals surface area contributed by atoms with Crippen LogP contribution in [0.2, 0.25) is 0 Å². The van der Waals surface area contributed by atoms with Crippen molar-refractivity contribution in [1.29, 1.82) is 0 Å². The van der Waals surface area contributed by atoms with Crippen LogP contribution in [-0.4, -0.2) is 11.9 Å². The number of hydrogen-bond donors (Lipinski definition) is 0. The van der Waals surface area contributed by atoms with E-state index < -0.39 is 0 Å². The Kier molecular flexibility index (Phi) is 12.7. The predicted molar refractivity (Wildman–Crippen MR) is 80.4 cm³/mol. The molecule has 0 N–H and O–H groups in total. The second-order valence-corrected chi connectivity index (χ2v) is 3.29. The summed E-state index contributed by atoms with van der Waals surface area (Å²) in [6.07, 6.45) is 0. The van der Waals surface area contributed by atoms with Crippen LogP contribution in [-0.2, 0) is 6.54 Å². The molecule has 0 fully saturated rings. The molecule has 1 aliphatic heterocycles. The molecule has 0 saturated heterocycles. The molecule has 0 radical (unpaired) electrons. The van der Waals surface area contributed by atoms with Gasteiger partial charge in [0, 0.05) is 12.6 Å². The smallest absolute Gasteiger partial charge is 0.0323 e. The van der Waals surface area contributed by atoms with Gasteiger partial charge in [0.1, 0.15) is 0 Å². The van der Waals surface area contributed by atoms with E-state index in [1.807, 2.05) is 41.5 Å². The van der Waals surface area contributed by atoms with Crippen molar-refractivity contribution in [3.8, 4) is 0 Å². The number of rotatable bonds is 0. The van der Waals surface area contributed by atoms with Crippen molar-refractivity contribution in [1.82, 2.24) is 4.90 Å². The Hall–Kier alpha value is -0.820. The molecule has 1 atom stereocenters. The maximum absolute atomic E-state index is 2.37. The molecule has 1 aromatic rings. The van der Waals surface area contributed by atoms with Gasteiger partial charge in [-0.1, -0.05) is 65.8 Å². The van der Waals surface area contributed by atoms with Crippen LogP contribution in [0.25, 0.3) is 0 Å². The Morgan fingerprint density at radius 3 is 1.88 bits per heavy atom. The second-order valence-electron chi connectivity index (χ2n) is 3.29. The molecule has 0 amide bonds. The highest BCUT2D eigenvalue weighted by Gasteiger charge is 2.21. The van der Waals surface area contributed by atoms with Crippen molar-refractivity contribution >= 4 is 0 Å². The van der Waals surface area contributed by atoms with Gasteiger partial charge < -0.3 is 0 Å². The summed E-state index contributed by atoms with van der Waals surface area (Å²) in [7, 11) is 2.17. The fourth-order valence-electron chi connectivity index (χ4n) is 1.73. The van der Waals surface area contributed by atoms with Crippen molar-refractivity contribution in [2.45, 2.75) is 61.1 Å². The average Bonchev–Trinajstić information content (AvgIpc) is 2.73. The molecular weight excluding hydrogens is 206 g/mol. The minimum atomic E-state index is 0.603. The molecule has 1 aliphatic rings. The minimum Gasteiger partial charge on any atom is -0.295 e. The summed E-state index contributed by atoms with van der Waals surface area (Å²) < 4.78 is 0. The van der Waals surface area contributed by atoms with Crippen molar-refractivity contribution < 1.29 is 0 Å². The molecule has 1 nitrogen and oxygen atoms in total. The number of nitrogens with zero attached hydrogens (tertiary/aromatic N) is 1. The van der Waals surface area contributed by atoms with Gasteiger partial charge in [-0.15, -0.1) is 0 Å². The summed E-state index contributed by atoms with van der Waals surface area (Å²) in [5.74, 6) is 0. The van der Waals surface area contributed by atoms with Crippen LogP contribution in [0.5, 0.6) is 0 Å². The third kappa shape index (κ3) is 5.36. The van der Waals surface area contributed by atoms with E-state index in [0.717, 1.165) is 6.54 Å². The lowest BCUT2D eigenvalue weighted by Crippen LogP contribution is -2.12. The standard InChI is InChI=1S/C10H13N.3C2H6/c1-8-10-6-4-3-5-9(10)7-11(8)2;3*1-2/h3-6,8H,7H2,1-2H3;3*1-2H3. The van der Waals surface area contributed by atoms with E-state index >= 15 is 0 Å². The van der Waals surface area contributed by atoms with E-state index in [1.54, 1.807) is 0 Å². The molecule has 0 aromatic heterocycles. The van der Waals surface area contributed by atoms with Gasteiger partial charge in [0.2, 0.25) is 0 Å². The topological polar surface area (TPSA) is 3.24 Å². The van der Waals surface area contributed by atoms with E-state index in [0.29, 0.717) is 6.04 Å². The Balaban J connectivity index is 0. The zero-order chi connectivity index (χ0) is 13.8. The molecule has 0 spiro atoms. The molecule has 1 unspecified atom stereocenters. The first-order chi connectivity index (χ1) is 8.29. The van der Waals surface area contributed by atoms with Gasteiger partial charge in [0.15, 0.2) is 0 Å². The summed E-state index contributed by atoms with van der Waals surface area (Å²) in [6.45, 7) is 15.4. The first-order valence-electron chi connectivity index (χ1n) is 7.07. The van der Waals surface area contributed by atoms with Crippen LogP contribution < -0.4 is 0 Å². The third-order valence-electron chi connectivity index (χ3n) is 2.59. The highest BCUT2D eigenvalue weighted by molar-refractivity contribution is 5.33. The lowest BCUT2D eigenvalue weighted by Gasteiger charge is -2.13. The lowest BCUT2D eigenvalue weighted by atomic mass is 10.1. The molecule has 0 bridgehead atoms. The molecule has 0 saturated carbocycles. The summed E-state index contributed by atoms with van der Waals surface area (Å²) >= 11 is 0. The van der Waals surface area contributed by atoms with Crippen LogP contribution in [0.3, 0.4) is 0 Å². The van der Waals surface area contributed by atoms with Crippen LogP contribution in [0.4, 0.5) is 0 Å². The third-order valence-corrected chi connectivity index (χ3v) is 2.59. The predicted octanol–water partition coefficient (Wildman–Crippen LogP) is 5.27. The summed E-state index contributed by atoms with van der Waals surface area (Å²) in [5, 5.41) is 0. The second kappa shape index (κ2) is 11.7. The first-order valence-corrected chi connectivity index (χ1v) is 7.07. The Morgan fingerprint density at radius 1 is 0.941 bits per heavy atom. The van der Waals surface area contributed by atoms with Crippen molar-refractivity contribution in [2.75, 3.05) is 7.05 Å². The molecule has 1 heteroatoms. The van der Waals surface area contributed by atoms with Crippen LogP contribution in [0.1, 0.15) is 65.6 Å². The Morgan fingerprint density at radius 2 is 1.41 bits per heavy atom. The minimum absolute atomic E-state index is 0.603. The quantitative estimate of drug-likeness (QED) is 0.594. The van der Waals surface area contributed by atoms with E-state index in [1.165, 1.54) is 11.1 Å². The van der Waals surface area contributed by atoms with Crippen molar-refractivity contribution in [2.24, 2.45) is 0 Å². The number of benzene rings is 1. The van der Waals surface area contributed by atoms with Gasteiger partial charge in [0.25, 0.3) is 0 Å². The number of fused-ring (bicyclic) bond motifs is 1. The van der Waals surface area contributed by atoms with Crippen LogP contribution >= 0.6 is 0 Å². The molecular formula is C16H31N. The van der Waals surface area contributed by atoms with E-state index in [9.17, 15) is 0 Å². The summed E-state index contributed by atoms with van der Waals surface area (Å²) in [4.78, 5) is 2.37. The highest BCUT2D eigenvalue weighted by Crippen LogP contribution is 2.30. The normalized spacial score (nSPS) is 16.4. The monoisotopic (exact) mass is 237 g/mol. The first kappa shape index (κ1) is 18.5. The number of hydrogen-bond acceptors (Lipinski definition) is 1. The van der Waals surface area contributed by atoms with E-state index in [4.69, 9.17) is 0 Å². The van der Waals surface area contributed by atoms with E-state index in [2.05, 4.69) is 43.1 Å². The summed E-state index contributed by atoms with van der Waals surface area (Å²) in [6, 6.07) is 9.28. The van der Waals surface area contributed by atoms with Crippen LogP contribution in [0, 0.1) is 0 Å². The average molecular weight is 237 g/mol. The molecule has 1 aromatic carbocycles. The fourth-order valence-corrected chi connectivity index (χ4v) is 1.73. The maximum Gasteiger partial charge on any atom is 0.0323 e.